The van der Waals surface area contributed by atoms with Crippen molar-refractivity contribution in [2.45, 2.75) is 19.4 Å². The number of nitrogens with zero attached hydrogens (tertiary/aromatic N) is 2. The van der Waals surface area contributed by atoms with E-state index in [0.29, 0.717) is 6.04 Å². The Hall–Kier alpha value is -1.36. The number of hydrogen-bond acceptors (Lipinski definition) is 3. The van der Waals surface area contributed by atoms with Crippen LogP contribution < -0.4 is 5.73 Å². The average molecular weight is 251 g/mol. The van der Waals surface area contributed by atoms with Crippen LogP contribution in [0.4, 0.5) is 5.69 Å². The van der Waals surface area contributed by atoms with Gasteiger partial charge in [0, 0.05) is 34.5 Å². The summed E-state index contributed by atoms with van der Waals surface area (Å²) in [5, 5.41) is 0. The minimum atomic E-state index is -0.739. The van der Waals surface area contributed by atoms with Crippen LogP contribution >= 0.6 is 0 Å². The number of nitrogens with two attached hydrogens (primary N) is 1. The molecular formula is C12H17N3OS. The van der Waals surface area contributed by atoms with Crippen LogP contribution in [0.15, 0.2) is 24.5 Å². The van der Waals surface area contributed by atoms with E-state index in [4.69, 9.17) is 5.73 Å². The van der Waals surface area contributed by atoms with E-state index in [9.17, 15) is 4.21 Å². The average Bonchev–Trinajstić information content (AvgIpc) is 2.68. The molecule has 0 aliphatic heterocycles. The van der Waals surface area contributed by atoms with E-state index in [-0.39, 0.29) is 0 Å². The molecule has 17 heavy (non-hydrogen) atoms. The molecule has 4 nitrogen and oxygen atoms in total. The van der Waals surface area contributed by atoms with Gasteiger partial charge in [0.2, 0.25) is 0 Å². The minimum absolute atomic E-state index is 0.299. The Morgan fingerprint density at radius 3 is 3.00 bits per heavy atom. The number of hydrogen-bond donors (Lipinski definition) is 1. The lowest BCUT2D eigenvalue weighted by Crippen LogP contribution is -2.07. The molecule has 0 saturated carbocycles. The molecule has 2 N–H and O–H groups in total. The Labute approximate surface area is 103 Å². The summed E-state index contributed by atoms with van der Waals surface area (Å²) >= 11 is 0. The summed E-state index contributed by atoms with van der Waals surface area (Å²) in [6.45, 7) is 2.12. The topological polar surface area (TPSA) is 60.9 Å². The smallest absolute Gasteiger partial charge is 0.0960 e. The van der Waals surface area contributed by atoms with Crippen LogP contribution in [-0.2, 0) is 10.8 Å². The van der Waals surface area contributed by atoms with Crippen molar-refractivity contribution in [2.24, 2.45) is 0 Å². The summed E-state index contributed by atoms with van der Waals surface area (Å²) in [5.41, 5.74) is 8.43. The Kier molecular flexibility index (Phi) is 3.47. The van der Waals surface area contributed by atoms with Crippen LogP contribution in [0.3, 0.4) is 0 Å². The number of aromatic nitrogens is 2. The predicted molar refractivity (Wildman–Crippen MR) is 72.4 cm³/mol. The minimum Gasteiger partial charge on any atom is -0.399 e. The highest BCUT2D eigenvalue weighted by Gasteiger charge is 2.09. The Balaban J connectivity index is 2.26. The number of imidazole rings is 1. The van der Waals surface area contributed by atoms with E-state index in [2.05, 4.69) is 16.5 Å². The lowest BCUT2D eigenvalue weighted by molar-refractivity contribution is 0.545. The van der Waals surface area contributed by atoms with Crippen molar-refractivity contribution in [1.29, 1.82) is 0 Å². The second kappa shape index (κ2) is 4.87. The quantitative estimate of drug-likeness (QED) is 0.845. The van der Waals surface area contributed by atoms with Gasteiger partial charge in [-0.3, -0.25) is 4.21 Å². The van der Waals surface area contributed by atoms with Gasteiger partial charge in [0.15, 0.2) is 0 Å². The number of nitrogen functional groups attached to an aromatic ring is 1. The lowest BCUT2D eigenvalue weighted by Gasteiger charge is -2.13. The molecule has 1 heterocycles. The van der Waals surface area contributed by atoms with Crippen molar-refractivity contribution < 1.29 is 4.21 Å². The number of rotatable bonds is 4. The molecule has 2 unspecified atom stereocenters. The second-order valence-electron chi connectivity index (χ2n) is 4.32. The van der Waals surface area contributed by atoms with Crippen LogP contribution in [0.25, 0.3) is 11.0 Å². The fraction of sp³-hybridized carbons (Fsp3) is 0.417. The first-order chi connectivity index (χ1) is 8.08. The largest absolute Gasteiger partial charge is 0.399 e. The van der Waals surface area contributed by atoms with E-state index in [1.54, 1.807) is 6.26 Å². The fourth-order valence-electron chi connectivity index (χ4n) is 1.88. The molecule has 2 rings (SSSR count). The molecule has 0 aliphatic rings. The maximum atomic E-state index is 11.1. The highest BCUT2D eigenvalue weighted by molar-refractivity contribution is 7.84. The van der Waals surface area contributed by atoms with Crippen molar-refractivity contribution in [1.82, 2.24) is 9.55 Å². The SMILES string of the molecule is CC(CCS(C)=O)n1cnc2cc(N)ccc21. The van der Waals surface area contributed by atoms with E-state index in [1.165, 1.54) is 0 Å². The van der Waals surface area contributed by atoms with Crippen LogP contribution in [0.1, 0.15) is 19.4 Å². The molecule has 5 heteroatoms. The van der Waals surface area contributed by atoms with Gasteiger partial charge < -0.3 is 10.3 Å². The van der Waals surface area contributed by atoms with Gasteiger partial charge in [-0.1, -0.05) is 0 Å². The van der Waals surface area contributed by atoms with E-state index in [1.807, 2.05) is 24.5 Å². The maximum Gasteiger partial charge on any atom is 0.0960 e. The third-order valence-corrected chi connectivity index (χ3v) is 3.71. The molecule has 0 saturated heterocycles. The summed E-state index contributed by atoms with van der Waals surface area (Å²) in [6.07, 6.45) is 4.45. The molecule has 2 atom stereocenters. The van der Waals surface area contributed by atoms with Crippen LogP contribution in [-0.4, -0.2) is 25.8 Å². The Morgan fingerprint density at radius 1 is 1.53 bits per heavy atom. The van der Waals surface area contributed by atoms with Crippen molar-refractivity contribution >= 4 is 27.5 Å². The van der Waals surface area contributed by atoms with Crippen LogP contribution in [0, 0.1) is 0 Å². The zero-order valence-electron chi connectivity index (χ0n) is 10.1. The molecule has 1 aromatic carbocycles. The molecule has 0 spiro atoms. The van der Waals surface area contributed by atoms with Crippen molar-refractivity contribution in [3.8, 4) is 0 Å². The second-order valence-corrected chi connectivity index (χ2v) is 5.87. The molecule has 0 aliphatic carbocycles. The van der Waals surface area contributed by atoms with Gasteiger partial charge in [-0.05, 0) is 31.5 Å². The molecule has 0 radical (unpaired) electrons. The first-order valence-corrected chi connectivity index (χ1v) is 7.32. The maximum absolute atomic E-state index is 11.1. The monoisotopic (exact) mass is 251 g/mol. The first-order valence-electron chi connectivity index (χ1n) is 5.60. The highest BCUT2D eigenvalue weighted by Crippen LogP contribution is 2.21. The molecule has 2 aromatic rings. The zero-order chi connectivity index (χ0) is 12.4. The van der Waals surface area contributed by atoms with Crippen LogP contribution in [0.5, 0.6) is 0 Å². The fourth-order valence-corrected chi connectivity index (χ4v) is 2.55. The van der Waals surface area contributed by atoms with Gasteiger partial charge in [-0.15, -0.1) is 0 Å². The molecule has 0 amide bonds. The molecular weight excluding hydrogens is 234 g/mol. The van der Waals surface area contributed by atoms with Crippen molar-refractivity contribution in [3.63, 3.8) is 0 Å². The van der Waals surface area contributed by atoms with Gasteiger partial charge in [0.05, 0.1) is 17.4 Å². The van der Waals surface area contributed by atoms with Gasteiger partial charge in [0.25, 0.3) is 0 Å². The number of benzene rings is 1. The van der Waals surface area contributed by atoms with Gasteiger partial charge in [0.1, 0.15) is 0 Å². The van der Waals surface area contributed by atoms with Crippen molar-refractivity contribution in [3.05, 3.63) is 24.5 Å². The van der Waals surface area contributed by atoms with Crippen molar-refractivity contribution in [2.75, 3.05) is 17.7 Å². The van der Waals surface area contributed by atoms with E-state index >= 15 is 0 Å². The first kappa shape index (κ1) is 12.1. The standard InChI is InChI=1S/C12H17N3OS/c1-9(5-6-17(2)16)15-8-14-11-7-10(13)3-4-12(11)15/h3-4,7-9H,5-6,13H2,1-2H3. The molecule has 92 valence electrons. The Morgan fingerprint density at radius 2 is 2.29 bits per heavy atom. The van der Waals surface area contributed by atoms with E-state index < -0.39 is 10.8 Å². The van der Waals surface area contributed by atoms with E-state index in [0.717, 1.165) is 28.9 Å². The summed E-state index contributed by atoms with van der Waals surface area (Å²) in [5.74, 6) is 0.718. The van der Waals surface area contributed by atoms with Gasteiger partial charge in [-0.2, -0.15) is 0 Å². The zero-order valence-corrected chi connectivity index (χ0v) is 10.9. The molecule has 0 fully saturated rings. The van der Waals surface area contributed by atoms with Gasteiger partial charge >= 0.3 is 0 Å². The number of fused-ring (bicyclic) bond motifs is 1. The molecule has 0 bridgehead atoms. The summed E-state index contributed by atoms with van der Waals surface area (Å²) in [6, 6.07) is 6.03. The normalized spacial score (nSPS) is 14.9. The third-order valence-electron chi connectivity index (χ3n) is 2.90. The Bertz CT molecular complexity index is 550. The summed E-state index contributed by atoms with van der Waals surface area (Å²) in [4.78, 5) is 4.33. The summed E-state index contributed by atoms with van der Waals surface area (Å²) in [7, 11) is -0.739. The summed E-state index contributed by atoms with van der Waals surface area (Å²) < 4.78 is 13.2. The highest BCUT2D eigenvalue weighted by atomic mass is 32.2. The predicted octanol–water partition coefficient (Wildman–Crippen LogP) is 1.95. The third kappa shape index (κ3) is 2.66. The molecule has 1 aromatic heterocycles. The van der Waals surface area contributed by atoms with Gasteiger partial charge in [-0.25, -0.2) is 4.98 Å². The van der Waals surface area contributed by atoms with Crippen LogP contribution in [0.2, 0.25) is 0 Å². The number of anilines is 1. The lowest BCUT2D eigenvalue weighted by atomic mass is 10.2.